The first-order chi connectivity index (χ1) is 8.24. The first kappa shape index (κ1) is 11.9. The van der Waals surface area contributed by atoms with E-state index in [1.165, 1.54) is 11.1 Å². The van der Waals surface area contributed by atoms with E-state index < -0.39 is 0 Å². The second-order valence-electron chi connectivity index (χ2n) is 4.47. The Bertz CT molecular complexity index is 398. The van der Waals surface area contributed by atoms with Crippen LogP contribution in [0.3, 0.4) is 0 Å². The number of piperazine rings is 1. The Hall–Kier alpha value is -1.58. The fourth-order valence-electron chi connectivity index (χ4n) is 2.19. The molecule has 0 spiro atoms. The van der Waals surface area contributed by atoms with Gasteiger partial charge in [0.2, 0.25) is 6.41 Å². The highest BCUT2D eigenvalue weighted by atomic mass is 16.1. The fraction of sp³-hybridized carbons (Fsp3) is 0.538. The largest absolute Gasteiger partial charge is 0.353 e. The van der Waals surface area contributed by atoms with E-state index in [0.29, 0.717) is 0 Å². The van der Waals surface area contributed by atoms with Crippen LogP contribution in [0.15, 0.2) is 12.3 Å². The Balaban J connectivity index is 2.10. The first-order valence-corrected chi connectivity index (χ1v) is 6.14. The summed E-state index contributed by atoms with van der Waals surface area (Å²) in [4.78, 5) is 19.3. The zero-order chi connectivity index (χ0) is 12.3. The quantitative estimate of drug-likeness (QED) is 0.737. The van der Waals surface area contributed by atoms with Crippen LogP contribution in [-0.2, 0) is 11.2 Å². The second kappa shape index (κ2) is 5.17. The van der Waals surface area contributed by atoms with E-state index >= 15 is 0 Å². The van der Waals surface area contributed by atoms with Crippen LogP contribution in [0.25, 0.3) is 0 Å². The van der Waals surface area contributed by atoms with Crippen LogP contribution in [0, 0.1) is 6.92 Å². The van der Waals surface area contributed by atoms with Gasteiger partial charge in [-0.1, -0.05) is 13.0 Å². The highest BCUT2D eigenvalue weighted by molar-refractivity contribution is 5.51. The lowest BCUT2D eigenvalue weighted by molar-refractivity contribution is -0.118. The number of hydrogen-bond donors (Lipinski definition) is 0. The molecule has 1 aliphatic heterocycles. The molecule has 2 heterocycles. The van der Waals surface area contributed by atoms with Crippen molar-refractivity contribution in [3.8, 4) is 0 Å². The Morgan fingerprint density at radius 1 is 1.35 bits per heavy atom. The van der Waals surface area contributed by atoms with E-state index in [4.69, 9.17) is 0 Å². The number of amides is 1. The molecule has 17 heavy (non-hydrogen) atoms. The number of hydrogen-bond acceptors (Lipinski definition) is 3. The van der Waals surface area contributed by atoms with Crippen molar-refractivity contribution in [2.45, 2.75) is 20.3 Å². The average molecular weight is 233 g/mol. The number of anilines is 1. The molecule has 92 valence electrons. The summed E-state index contributed by atoms with van der Waals surface area (Å²) in [5.41, 5.74) is 2.50. The van der Waals surface area contributed by atoms with Gasteiger partial charge in [-0.3, -0.25) is 4.79 Å². The summed E-state index contributed by atoms with van der Waals surface area (Å²) in [5.74, 6) is 1.06. The fourth-order valence-corrected chi connectivity index (χ4v) is 2.19. The maximum atomic E-state index is 10.6. The smallest absolute Gasteiger partial charge is 0.209 e. The Morgan fingerprint density at radius 2 is 2.06 bits per heavy atom. The molecule has 0 radical (unpaired) electrons. The molecule has 0 aliphatic carbocycles. The Labute approximate surface area is 102 Å². The summed E-state index contributed by atoms with van der Waals surface area (Å²) >= 11 is 0. The van der Waals surface area contributed by atoms with E-state index in [2.05, 4.69) is 29.8 Å². The molecule has 0 N–H and O–H groups in total. The van der Waals surface area contributed by atoms with Crippen LogP contribution >= 0.6 is 0 Å². The third-order valence-electron chi connectivity index (χ3n) is 3.28. The van der Waals surface area contributed by atoms with E-state index in [-0.39, 0.29) is 0 Å². The lowest BCUT2D eigenvalue weighted by Gasteiger charge is -2.34. The van der Waals surface area contributed by atoms with Crippen LogP contribution in [0.5, 0.6) is 0 Å². The first-order valence-electron chi connectivity index (χ1n) is 6.14. The molecule has 2 rings (SSSR count). The standard InChI is InChI=1S/C13H19N3O/c1-3-12-8-11(2)13(14-9-12)16-6-4-15(10-17)5-7-16/h8-10H,3-7H2,1-2H3. The Kier molecular flexibility index (Phi) is 3.61. The molecule has 1 fully saturated rings. The Morgan fingerprint density at radius 3 is 2.59 bits per heavy atom. The van der Waals surface area contributed by atoms with Crippen molar-refractivity contribution < 1.29 is 4.79 Å². The molecular weight excluding hydrogens is 214 g/mol. The van der Waals surface area contributed by atoms with Crippen LogP contribution in [0.1, 0.15) is 18.1 Å². The zero-order valence-corrected chi connectivity index (χ0v) is 10.5. The molecule has 0 saturated carbocycles. The highest BCUT2D eigenvalue weighted by Crippen LogP contribution is 2.19. The van der Waals surface area contributed by atoms with Gasteiger partial charge in [0.25, 0.3) is 0 Å². The molecule has 0 aromatic carbocycles. The third-order valence-corrected chi connectivity index (χ3v) is 3.28. The van der Waals surface area contributed by atoms with E-state index in [1.807, 2.05) is 11.1 Å². The zero-order valence-electron chi connectivity index (χ0n) is 10.5. The minimum atomic E-state index is 0.792. The number of carbonyl (C=O) groups is 1. The van der Waals surface area contributed by atoms with Gasteiger partial charge in [-0.15, -0.1) is 0 Å². The number of aryl methyl sites for hydroxylation is 2. The van der Waals surface area contributed by atoms with Crippen molar-refractivity contribution >= 4 is 12.2 Å². The van der Waals surface area contributed by atoms with Crippen LogP contribution < -0.4 is 4.90 Å². The molecule has 1 amide bonds. The van der Waals surface area contributed by atoms with Gasteiger partial charge in [-0.25, -0.2) is 4.98 Å². The van der Waals surface area contributed by atoms with Crippen LogP contribution in [-0.4, -0.2) is 42.5 Å². The maximum Gasteiger partial charge on any atom is 0.209 e. The molecule has 1 aromatic rings. The van der Waals surface area contributed by atoms with E-state index in [0.717, 1.165) is 44.8 Å². The molecular formula is C13H19N3O. The molecule has 0 bridgehead atoms. The topological polar surface area (TPSA) is 36.4 Å². The van der Waals surface area contributed by atoms with Crippen molar-refractivity contribution in [1.29, 1.82) is 0 Å². The normalized spacial score (nSPS) is 16.1. The van der Waals surface area contributed by atoms with Gasteiger partial charge in [-0.05, 0) is 24.5 Å². The second-order valence-corrected chi connectivity index (χ2v) is 4.47. The lowest BCUT2D eigenvalue weighted by Crippen LogP contribution is -2.46. The SMILES string of the molecule is CCc1cnc(N2CCN(C=O)CC2)c(C)c1. The molecule has 0 atom stereocenters. The number of rotatable bonds is 3. The van der Waals surface area contributed by atoms with Gasteiger partial charge in [-0.2, -0.15) is 0 Å². The van der Waals surface area contributed by atoms with Crippen molar-refractivity contribution in [3.05, 3.63) is 23.4 Å². The predicted octanol–water partition coefficient (Wildman–Crippen LogP) is 1.23. The monoisotopic (exact) mass is 233 g/mol. The summed E-state index contributed by atoms with van der Waals surface area (Å²) in [6.45, 7) is 7.57. The molecule has 1 aromatic heterocycles. The number of nitrogens with zero attached hydrogens (tertiary/aromatic N) is 3. The van der Waals surface area contributed by atoms with Gasteiger partial charge in [0, 0.05) is 32.4 Å². The molecule has 4 nitrogen and oxygen atoms in total. The predicted molar refractivity (Wildman–Crippen MR) is 68.2 cm³/mol. The number of pyridine rings is 1. The van der Waals surface area contributed by atoms with Crippen molar-refractivity contribution in [2.24, 2.45) is 0 Å². The average Bonchev–Trinajstić information content (AvgIpc) is 2.39. The molecule has 1 saturated heterocycles. The summed E-state index contributed by atoms with van der Waals surface area (Å²) in [5, 5.41) is 0. The lowest BCUT2D eigenvalue weighted by atomic mass is 10.1. The summed E-state index contributed by atoms with van der Waals surface area (Å²) in [6, 6.07) is 2.20. The van der Waals surface area contributed by atoms with Gasteiger partial charge in [0.05, 0.1) is 0 Å². The van der Waals surface area contributed by atoms with E-state index in [1.54, 1.807) is 0 Å². The van der Waals surface area contributed by atoms with Gasteiger partial charge in [0.15, 0.2) is 0 Å². The minimum absolute atomic E-state index is 0.792. The summed E-state index contributed by atoms with van der Waals surface area (Å²) in [6.07, 6.45) is 3.90. The van der Waals surface area contributed by atoms with Crippen molar-refractivity contribution in [2.75, 3.05) is 31.1 Å². The number of carbonyl (C=O) groups excluding carboxylic acids is 1. The van der Waals surface area contributed by atoms with Crippen LogP contribution in [0.2, 0.25) is 0 Å². The van der Waals surface area contributed by atoms with Crippen molar-refractivity contribution in [3.63, 3.8) is 0 Å². The van der Waals surface area contributed by atoms with E-state index in [9.17, 15) is 4.79 Å². The van der Waals surface area contributed by atoms with Crippen LogP contribution in [0.4, 0.5) is 5.82 Å². The molecule has 4 heteroatoms. The van der Waals surface area contributed by atoms with Gasteiger partial charge >= 0.3 is 0 Å². The third kappa shape index (κ3) is 2.57. The molecule has 0 unspecified atom stereocenters. The van der Waals surface area contributed by atoms with Gasteiger partial charge in [0.1, 0.15) is 5.82 Å². The van der Waals surface area contributed by atoms with Gasteiger partial charge < -0.3 is 9.80 Å². The number of aromatic nitrogens is 1. The van der Waals surface area contributed by atoms with Crippen molar-refractivity contribution in [1.82, 2.24) is 9.88 Å². The summed E-state index contributed by atoms with van der Waals surface area (Å²) < 4.78 is 0. The molecule has 1 aliphatic rings. The summed E-state index contributed by atoms with van der Waals surface area (Å²) in [7, 11) is 0. The highest BCUT2D eigenvalue weighted by Gasteiger charge is 2.17. The maximum absolute atomic E-state index is 10.6. The minimum Gasteiger partial charge on any atom is -0.353 e.